The van der Waals surface area contributed by atoms with Crippen LogP contribution in [0.15, 0.2) is 54.6 Å². The Morgan fingerprint density at radius 2 is 1.81 bits per heavy atom. The lowest BCUT2D eigenvalue weighted by Gasteiger charge is -2.23. The van der Waals surface area contributed by atoms with Gasteiger partial charge in [-0.3, -0.25) is 9.69 Å². The van der Waals surface area contributed by atoms with Crippen molar-refractivity contribution in [3.63, 3.8) is 0 Å². The molecule has 138 valence electrons. The van der Waals surface area contributed by atoms with Crippen LogP contribution in [0.1, 0.15) is 12.5 Å². The number of urea groups is 1. The zero-order valence-electron chi connectivity index (χ0n) is 14.8. The number of carbonyl (C=O) groups is 3. The fraction of sp³-hybridized carbons (Fsp3) is 0.200. The molecule has 0 aliphatic heterocycles. The molecule has 0 spiro atoms. The highest BCUT2D eigenvalue weighted by Crippen LogP contribution is 2.16. The predicted molar refractivity (Wildman–Crippen MR) is 99.5 cm³/mol. The first-order valence-corrected chi connectivity index (χ1v) is 8.37. The number of nitriles is 1. The Hall–Kier alpha value is -3.66. The summed E-state index contributed by atoms with van der Waals surface area (Å²) in [7, 11) is 0. The van der Waals surface area contributed by atoms with E-state index in [0.717, 1.165) is 32.2 Å². The minimum atomic E-state index is -1.29. The van der Waals surface area contributed by atoms with Crippen molar-refractivity contribution >= 4 is 28.7 Å². The Labute approximate surface area is 156 Å². The molecule has 3 amide bonds. The van der Waals surface area contributed by atoms with Crippen LogP contribution in [0.4, 0.5) is 4.79 Å². The summed E-state index contributed by atoms with van der Waals surface area (Å²) in [6.45, 7) is 1.75. The van der Waals surface area contributed by atoms with Crippen LogP contribution >= 0.6 is 0 Å². The molecule has 7 nitrogen and oxygen atoms in total. The van der Waals surface area contributed by atoms with E-state index < -0.39 is 17.9 Å². The number of benzene rings is 2. The summed E-state index contributed by atoms with van der Waals surface area (Å²) in [5.74, 6) is -2.07. The molecule has 2 aromatic carbocycles. The monoisotopic (exact) mass is 365 g/mol. The van der Waals surface area contributed by atoms with Crippen molar-refractivity contribution in [3.05, 3.63) is 60.2 Å². The SMILES string of the molecule is CCN(C#N)C(=O)N(CCc1ccc2ccccc2c1)C(=O)C=CC(=O)O. The summed E-state index contributed by atoms with van der Waals surface area (Å²) in [6.07, 6.45) is 3.58. The fourth-order valence-electron chi connectivity index (χ4n) is 2.56. The largest absolute Gasteiger partial charge is 0.478 e. The second-order valence-corrected chi connectivity index (χ2v) is 5.72. The fourth-order valence-corrected chi connectivity index (χ4v) is 2.56. The number of imide groups is 1. The smallest absolute Gasteiger partial charge is 0.340 e. The maximum atomic E-state index is 12.5. The molecule has 0 fully saturated rings. The van der Waals surface area contributed by atoms with Crippen LogP contribution in [-0.2, 0) is 16.0 Å². The molecule has 0 bridgehead atoms. The average Bonchev–Trinajstić information content (AvgIpc) is 2.67. The molecular formula is C20H19N3O4. The van der Waals surface area contributed by atoms with E-state index in [1.807, 2.05) is 42.5 Å². The van der Waals surface area contributed by atoms with E-state index in [1.54, 1.807) is 13.1 Å². The van der Waals surface area contributed by atoms with Gasteiger partial charge < -0.3 is 5.11 Å². The molecular weight excluding hydrogens is 346 g/mol. The first-order valence-electron chi connectivity index (χ1n) is 8.37. The van der Waals surface area contributed by atoms with Crippen molar-refractivity contribution in [1.82, 2.24) is 9.80 Å². The number of fused-ring (bicyclic) bond motifs is 1. The van der Waals surface area contributed by atoms with Gasteiger partial charge in [0.05, 0.1) is 0 Å². The van der Waals surface area contributed by atoms with Gasteiger partial charge in [-0.2, -0.15) is 5.26 Å². The number of carboxylic acids is 1. The van der Waals surface area contributed by atoms with Crippen LogP contribution in [0.25, 0.3) is 10.8 Å². The van der Waals surface area contributed by atoms with Gasteiger partial charge in [-0.15, -0.1) is 0 Å². The van der Waals surface area contributed by atoms with Gasteiger partial charge in [-0.05, 0) is 29.7 Å². The lowest BCUT2D eigenvalue weighted by Crippen LogP contribution is -2.44. The maximum absolute atomic E-state index is 12.5. The summed E-state index contributed by atoms with van der Waals surface area (Å²) >= 11 is 0. The number of rotatable bonds is 6. The third kappa shape index (κ3) is 5.16. The van der Waals surface area contributed by atoms with Crippen molar-refractivity contribution in [2.45, 2.75) is 13.3 Å². The molecule has 1 N–H and O–H groups in total. The Balaban J connectivity index is 2.21. The zero-order valence-corrected chi connectivity index (χ0v) is 14.8. The molecule has 0 saturated carbocycles. The van der Waals surface area contributed by atoms with E-state index >= 15 is 0 Å². The molecule has 0 aromatic heterocycles. The Bertz CT molecular complexity index is 930. The number of amides is 3. The normalized spacial score (nSPS) is 10.5. The minimum Gasteiger partial charge on any atom is -0.478 e. The van der Waals surface area contributed by atoms with E-state index in [1.165, 1.54) is 0 Å². The Kier molecular flexibility index (Phi) is 6.67. The van der Waals surface area contributed by atoms with Crippen LogP contribution in [0.3, 0.4) is 0 Å². The molecule has 0 unspecified atom stereocenters. The van der Waals surface area contributed by atoms with Crippen LogP contribution < -0.4 is 0 Å². The third-order valence-corrected chi connectivity index (χ3v) is 3.97. The summed E-state index contributed by atoms with van der Waals surface area (Å²) in [6, 6.07) is 12.9. The molecule has 0 aliphatic rings. The number of aliphatic carboxylic acids is 1. The summed E-state index contributed by atoms with van der Waals surface area (Å²) in [4.78, 5) is 37.1. The first-order chi connectivity index (χ1) is 13.0. The molecule has 27 heavy (non-hydrogen) atoms. The van der Waals surface area contributed by atoms with E-state index in [9.17, 15) is 14.4 Å². The van der Waals surface area contributed by atoms with Gasteiger partial charge in [0.15, 0.2) is 6.19 Å². The number of hydrogen-bond acceptors (Lipinski definition) is 4. The van der Waals surface area contributed by atoms with E-state index in [2.05, 4.69) is 0 Å². The highest BCUT2D eigenvalue weighted by atomic mass is 16.4. The van der Waals surface area contributed by atoms with Gasteiger partial charge >= 0.3 is 12.0 Å². The van der Waals surface area contributed by atoms with Crippen LogP contribution in [0.5, 0.6) is 0 Å². The van der Waals surface area contributed by atoms with E-state index in [0.29, 0.717) is 12.5 Å². The van der Waals surface area contributed by atoms with Crippen LogP contribution in [-0.4, -0.2) is 45.9 Å². The van der Waals surface area contributed by atoms with Gasteiger partial charge in [0.1, 0.15) is 0 Å². The first kappa shape index (κ1) is 19.7. The van der Waals surface area contributed by atoms with Gasteiger partial charge in [0, 0.05) is 25.2 Å². The van der Waals surface area contributed by atoms with Crippen molar-refractivity contribution < 1.29 is 19.5 Å². The minimum absolute atomic E-state index is 0.0259. The van der Waals surface area contributed by atoms with Crippen molar-refractivity contribution in [2.24, 2.45) is 0 Å². The van der Waals surface area contributed by atoms with Crippen molar-refractivity contribution in [3.8, 4) is 6.19 Å². The molecule has 2 aromatic rings. The second kappa shape index (κ2) is 9.15. The molecule has 0 radical (unpaired) electrons. The van der Waals surface area contributed by atoms with Gasteiger partial charge in [-0.25, -0.2) is 14.5 Å². The van der Waals surface area contributed by atoms with E-state index in [-0.39, 0.29) is 13.1 Å². The summed E-state index contributed by atoms with van der Waals surface area (Å²) < 4.78 is 0. The lowest BCUT2D eigenvalue weighted by molar-refractivity contribution is -0.132. The van der Waals surface area contributed by atoms with Crippen LogP contribution in [0.2, 0.25) is 0 Å². The van der Waals surface area contributed by atoms with Crippen LogP contribution in [0, 0.1) is 11.5 Å². The lowest BCUT2D eigenvalue weighted by atomic mass is 10.0. The molecule has 0 atom stereocenters. The number of carboxylic acid groups (broad SMARTS) is 1. The number of hydrogen-bond donors (Lipinski definition) is 1. The second-order valence-electron chi connectivity index (χ2n) is 5.72. The standard InChI is InChI=1S/C20H19N3O4/c1-2-22(14-21)20(27)23(18(24)9-10-19(25)26)12-11-15-7-8-16-5-3-4-6-17(16)13-15/h3-10,13H,2,11-12H2,1H3,(H,25,26). The highest BCUT2D eigenvalue weighted by Gasteiger charge is 2.24. The number of nitrogens with zero attached hydrogens (tertiary/aromatic N) is 3. The molecule has 7 heteroatoms. The Morgan fingerprint density at radius 3 is 2.44 bits per heavy atom. The molecule has 0 aliphatic carbocycles. The highest BCUT2D eigenvalue weighted by molar-refractivity contribution is 6.03. The summed E-state index contributed by atoms with van der Waals surface area (Å²) in [5.41, 5.74) is 0.918. The topological polar surface area (TPSA) is 102 Å². The molecule has 0 heterocycles. The number of carbonyl (C=O) groups excluding carboxylic acids is 2. The van der Waals surface area contributed by atoms with Gasteiger partial charge in [-0.1, -0.05) is 42.5 Å². The maximum Gasteiger partial charge on any atom is 0.340 e. The Morgan fingerprint density at radius 1 is 1.11 bits per heavy atom. The van der Waals surface area contributed by atoms with Crippen molar-refractivity contribution in [1.29, 1.82) is 5.26 Å². The average molecular weight is 365 g/mol. The molecule has 0 saturated heterocycles. The van der Waals surface area contributed by atoms with Gasteiger partial charge in [0.2, 0.25) is 0 Å². The van der Waals surface area contributed by atoms with E-state index in [4.69, 9.17) is 10.4 Å². The van der Waals surface area contributed by atoms with Gasteiger partial charge in [0.25, 0.3) is 5.91 Å². The zero-order chi connectivity index (χ0) is 19.8. The predicted octanol–water partition coefficient (Wildman–Crippen LogP) is 2.77. The third-order valence-electron chi connectivity index (χ3n) is 3.97. The molecule has 2 rings (SSSR count). The summed E-state index contributed by atoms with van der Waals surface area (Å²) in [5, 5.41) is 19.9. The van der Waals surface area contributed by atoms with Crippen molar-refractivity contribution in [2.75, 3.05) is 13.1 Å². The quantitative estimate of drug-likeness (QED) is 0.482.